The van der Waals surface area contributed by atoms with Crippen molar-refractivity contribution in [3.05, 3.63) is 0 Å². The summed E-state index contributed by atoms with van der Waals surface area (Å²) in [4.78, 5) is 0. The molecule has 0 atom stereocenters. The number of hydrogen-bond donors (Lipinski definition) is 0. The van der Waals surface area contributed by atoms with Gasteiger partial charge in [0.1, 0.15) is 5.52 Å². The summed E-state index contributed by atoms with van der Waals surface area (Å²) in [5, 5.41) is 0. The van der Waals surface area contributed by atoms with E-state index in [0.717, 1.165) is 0 Å². The third-order valence-electron chi connectivity index (χ3n) is 2.44. The molecule has 1 fully saturated rings. The molecular weight excluding hydrogens is 249 g/mol. The Kier molecular flexibility index (Phi) is 4.04. The van der Waals surface area contributed by atoms with Crippen LogP contribution in [-0.2, 0) is 4.74 Å². The van der Waals surface area contributed by atoms with E-state index >= 15 is 0 Å². The van der Waals surface area contributed by atoms with Gasteiger partial charge in [-0.25, -0.2) is 0 Å². The molecule has 0 aromatic carbocycles. The first-order valence-corrected chi connectivity index (χ1v) is 5.40. The van der Waals surface area contributed by atoms with Crippen molar-refractivity contribution in [2.75, 3.05) is 5.52 Å². The van der Waals surface area contributed by atoms with Gasteiger partial charge in [-0.3, -0.25) is 0 Å². The summed E-state index contributed by atoms with van der Waals surface area (Å²) in [6.45, 7) is 0. The minimum atomic E-state index is -4.01. The normalized spacial score (nSPS) is 30.5. The van der Waals surface area contributed by atoms with Crippen LogP contribution < -0.4 is 0 Å². The SMILES string of the molecule is FC(F)(F)C1CCC(OCBr)CC1. The van der Waals surface area contributed by atoms with E-state index in [1.165, 1.54) is 0 Å². The van der Waals surface area contributed by atoms with E-state index in [0.29, 0.717) is 18.4 Å². The standard InChI is InChI=1S/C8H12BrF3O/c9-5-13-7-3-1-6(2-4-7)8(10,11)12/h6-7H,1-5H2. The lowest BCUT2D eigenvalue weighted by molar-refractivity contribution is -0.186. The fourth-order valence-electron chi connectivity index (χ4n) is 1.65. The van der Waals surface area contributed by atoms with Crippen molar-refractivity contribution in [1.82, 2.24) is 0 Å². The number of ether oxygens (including phenoxy) is 1. The summed E-state index contributed by atoms with van der Waals surface area (Å²) in [7, 11) is 0. The fraction of sp³-hybridized carbons (Fsp3) is 1.00. The summed E-state index contributed by atoms with van der Waals surface area (Å²) in [6.07, 6.45) is -2.54. The summed E-state index contributed by atoms with van der Waals surface area (Å²) < 4.78 is 41.8. The maximum absolute atomic E-state index is 12.2. The van der Waals surface area contributed by atoms with Crippen molar-refractivity contribution in [2.45, 2.75) is 38.0 Å². The van der Waals surface area contributed by atoms with Crippen LogP contribution in [-0.4, -0.2) is 17.8 Å². The number of rotatable bonds is 2. The Bertz CT molecular complexity index is 152. The van der Waals surface area contributed by atoms with Crippen LogP contribution in [0.5, 0.6) is 0 Å². The lowest BCUT2D eigenvalue weighted by Gasteiger charge is -2.29. The van der Waals surface area contributed by atoms with Crippen LogP contribution >= 0.6 is 15.9 Å². The van der Waals surface area contributed by atoms with Crippen molar-refractivity contribution >= 4 is 15.9 Å². The Balaban J connectivity index is 2.30. The molecule has 0 bridgehead atoms. The van der Waals surface area contributed by atoms with Gasteiger partial charge in [-0.15, -0.1) is 0 Å². The van der Waals surface area contributed by atoms with Crippen molar-refractivity contribution < 1.29 is 17.9 Å². The molecule has 0 amide bonds. The minimum Gasteiger partial charge on any atom is -0.367 e. The average Bonchev–Trinajstić information content (AvgIpc) is 2.04. The van der Waals surface area contributed by atoms with E-state index in [4.69, 9.17) is 4.74 Å². The molecule has 1 nitrogen and oxygen atoms in total. The van der Waals surface area contributed by atoms with Gasteiger partial charge >= 0.3 is 6.18 Å². The van der Waals surface area contributed by atoms with Crippen molar-refractivity contribution in [3.8, 4) is 0 Å². The van der Waals surface area contributed by atoms with Gasteiger partial charge in [0.25, 0.3) is 0 Å². The van der Waals surface area contributed by atoms with Gasteiger partial charge in [-0.1, -0.05) is 15.9 Å². The molecule has 78 valence electrons. The Labute approximate surface area is 83.8 Å². The molecule has 1 saturated carbocycles. The second-order valence-corrected chi connectivity index (χ2v) is 3.75. The third kappa shape index (κ3) is 3.46. The predicted molar refractivity (Wildman–Crippen MR) is 46.7 cm³/mol. The highest BCUT2D eigenvalue weighted by Crippen LogP contribution is 2.38. The summed E-state index contributed by atoms with van der Waals surface area (Å²) in [5.74, 6) is -1.11. The zero-order chi connectivity index (χ0) is 9.90. The topological polar surface area (TPSA) is 9.23 Å². The molecule has 0 N–H and O–H groups in total. The van der Waals surface area contributed by atoms with Crippen LogP contribution in [0.4, 0.5) is 13.2 Å². The van der Waals surface area contributed by atoms with Gasteiger partial charge < -0.3 is 4.74 Å². The van der Waals surface area contributed by atoms with Gasteiger partial charge in [0, 0.05) is 0 Å². The molecule has 0 aliphatic heterocycles. The van der Waals surface area contributed by atoms with Gasteiger partial charge in [0.05, 0.1) is 12.0 Å². The number of hydrogen-bond acceptors (Lipinski definition) is 1. The van der Waals surface area contributed by atoms with Crippen molar-refractivity contribution in [2.24, 2.45) is 5.92 Å². The van der Waals surface area contributed by atoms with E-state index in [-0.39, 0.29) is 18.9 Å². The lowest BCUT2D eigenvalue weighted by atomic mass is 9.87. The highest BCUT2D eigenvalue weighted by molar-refractivity contribution is 9.09. The lowest BCUT2D eigenvalue weighted by Crippen LogP contribution is -2.30. The molecule has 0 heterocycles. The highest BCUT2D eigenvalue weighted by Gasteiger charge is 2.41. The van der Waals surface area contributed by atoms with Gasteiger partial charge in [-0.05, 0) is 25.7 Å². The first-order chi connectivity index (χ1) is 6.04. The van der Waals surface area contributed by atoms with Crippen LogP contribution in [0.1, 0.15) is 25.7 Å². The molecule has 0 radical (unpaired) electrons. The second-order valence-electron chi connectivity index (χ2n) is 3.29. The Morgan fingerprint density at radius 3 is 2.08 bits per heavy atom. The maximum Gasteiger partial charge on any atom is 0.391 e. The smallest absolute Gasteiger partial charge is 0.367 e. The van der Waals surface area contributed by atoms with Crippen molar-refractivity contribution in [3.63, 3.8) is 0 Å². The van der Waals surface area contributed by atoms with Gasteiger partial charge in [0.2, 0.25) is 0 Å². The Hall–Kier alpha value is 0.230. The predicted octanol–water partition coefficient (Wildman–Crippen LogP) is 3.48. The summed E-state index contributed by atoms with van der Waals surface area (Å²) in [6, 6.07) is 0. The molecule has 0 spiro atoms. The molecule has 1 aliphatic rings. The molecule has 0 aromatic heterocycles. The highest BCUT2D eigenvalue weighted by atomic mass is 79.9. The van der Waals surface area contributed by atoms with E-state index in [1.807, 2.05) is 0 Å². The van der Waals surface area contributed by atoms with E-state index < -0.39 is 12.1 Å². The Morgan fingerprint density at radius 2 is 1.69 bits per heavy atom. The molecule has 0 saturated heterocycles. The van der Waals surface area contributed by atoms with E-state index in [2.05, 4.69) is 15.9 Å². The molecule has 13 heavy (non-hydrogen) atoms. The van der Waals surface area contributed by atoms with E-state index in [1.54, 1.807) is 0 Å². The average molecular weight is 261 g/mol. The van der Waals surface area contributed by atoms with Gasteiger partial charge in [0.15, 0.2) is 0 Å². The second kappa shape index (κ2) is 4.64. The number of alkyl halides is 4. The first-order valence-electron chi connectivity index (χ1n) is 4.28. The Morgan fingerprint density at radius 1 is 1.15 bits per heavy atom. The number of halogens is 4. The van der Waals surface area contributed by atoms with Crippen LogP contribution in [0.25, 0.3) is 0 Å². The summed E-state index contributed by atoms with van der Waals surface area (Å²) >= 11 is 3.10. The molecule has 0 unspecified atom stereocenters. The summed E-state index contributed by atoms with van der Waals surface area (Å²) in [5.41, 5.74) is 0.411. The largest absolute Gasteiger partial charge is 0.391 e. The molecule has 1 aliphatic carbocycles. The monoisotopic (exact) mass is 260 g/mol. The third-order valence-corrected chi connectivity index (χ3v) is 2.70. The van der Waals surface area contributed by atoms with E-state index in [9.17, 15) is 13.2 Å². The molecule has 5 heteroatoms. The quantitative estimate of drug-likeness (QED) is 0.691. The molecular formula is C8H12BrF3O. The first kappa shape index (κ1) is 11.3. The van der Waals surface area contributed by atoms with Crippen LogP contribution in [0.15, 0.2) is 0 Å². The zero-order valence-electron chi connectivity index (χ0n) is 7.11. The van der Waals surface area contributed by atoms with Crippen molar-refractivity contribution in [1.29, 1.82) is 0 Å². The zero-order valence-corrected chi connectivity index (χ0v) is 8.70. The van der Waals surface area contributed by atoms with Crippen LogP contribution in [0, 0.1) is 5.92 Å². The fourth-order valence-corrected chi connectivity index (χ4v) is 2.02. The maximum atomic E-state index is 12.2. The van der Waals surface area contributed by atoms with Gasteiger partial charge in [-0.2, -0.15) is 13.2 Å². The van der Waals surface area contributed by atoms with Crippen LogP contribution in [0.2, 0.25) is 0 Å². The molecule has 0 aromatic rings. The van der Waals surface area contributed by atoms with Crippen LogP contribution in [0.3, 0.4) is 0 Å². The molecule has 1 rings (SSSR count). The minimum absolute atomic E-state index is 0.0120.